The second kappa shape index (κ2) is 16.1. The Morgan fingerprint density at radius 2 is 1.74 bits per heavy atom. The molecule has 3 fully saturated rings. The van der Waals surface area contributed by atoms with Gasteiger partial charge < -0.3 is 29.9 Å². The fourth-order valence-corrected chi connectivity index (χ4v) is 10.7. The number of phenols is 1. The summed E-state index contributed by atoms with van der Waals surface area (Å²) in [6.07, 6.45) is -7.42. The van der Waals surface area contributed by atoms with Crippen LogP contribution in [0.1, 0.15) is 34.8 Å². The van der Waals surface area contributed by atoms with E-state index in [-0.39, 0.29) is 46.2 Å². The van der Waals surface area contributed by atoms with Gasteiger partial charge in [-0.3, -0.25) is 37.0 Å². The van der Waals surface area contributed by atoms with Crippen LogP contribution < -0.4 is 21.7 Å². The Labute approximate surface area is 329 Å². The predicted octanol–water partition coefficient (Wildman–Crippen LogP) is 3.37. The number of nitrogens with two attached hydrogens (primary N) is 1. The van der Waals surface area contributed by atoms with Crippen LogP contribution in [0.3, 0.4) is 0 Å². The van der Waals surface area contributed by atoms with Crippen LogP contribution in [-0.2, 0) is 42.5 Å². The number of hydrogen-bond acceptors (Lipinski definition) is 18. The van der Waals surface area contributed by atoms with E-state index in [2.05, 4.69) is 15.0 Å². The molecule has 58 heavy (non-hydrogen) atoms. The van der Waals surface area contributed by atoms with Gasteiger partial charge in [-0.25, -0.2) is 38.1 Å². The number of imidazole rings is 1. The van der Waals surface area contributed by atoms with Crippen molar-refractivity contribution in [2.75, 3.05) is 18.9 Å². The maximum atomic E-state index is 16.4. The lowest BCUT2D eigenvalue weighted by Gasteiger charge is -2.27. The van der Waals surface area contributed by atoms with Crippen molar-refractivity contribution in [2.24, 2.45) is 0 Å². The highest BCUT2D eigenvalue weighted by molar-refractivity contribution is 8.54. The van der Waals surface area contributed by atoms with Crippen molar-refractivity contribution in [2.45, 2.75) is 55.2 Å². The summed E-state index contributed by atoms with van der Waals surface area (Å²) < 4.78 is 86.7. The van der Waals surface area contributed by atoms with Crippen molar-refractivity contribution in [3.05, 3.63) is 105 Å². The number of alkyl halides is 1. The molecule has 5 N–H and O–H groups in total. The highest BCUT2D eigenvalue weighted by Crippen LogP contribution is 2.65. The maximum absolute atomic E-state index is 16.4. The van der Waals surface area contributed by atoms with Crippen molar-refractivity contribution in [1.82, 2.24) is 29.1 Å². The van der Waals surface area contributed by atoms with E-state index in [9.17, 15) is 33.5 Å². The summed E-state index contributed by atoms with van der Waals surface area (Å²) in [5.74, 6) is -0.494. The number of fused-ring (bicyclic) bond motifs is 5. The van der Waals surface area contributed by atoms with Gasteiger partial charge in [0.2, 0.25) is 0 Å². The molecule has 8 rings (SSSR count). The minimum absolute atomic E-state index is 0.0175. The molecule has 0 spiro atoms. The van der Waals surface area contributed by atoms with Gasteiger partial charge in [0.05, 0.1) is 31.2 Å². The molecule has 3 saturated heterocycles. The topological polar surface area (TPSA) is 281 Å². The molecule has 9 atom stereocenters. The van der Waals surface area contributed by atoms with Gasteiger partial charge in [0, 0.05) is 24.4 Å². The van der Waals surface area contributed by atoms with Gasteiger partial charge in [0.1, 0.15) is 41.7 Å². The number of rotatable bonds is 7. The van der Waals surface area contributed by atoms with E-state index in [1.165, 1.54) is 53.6 Å². The van der Waals surface area contributed by atoms with Crippen molar-refractivity contribution >= 4 is 49.0 Å². The first kappa shape index (κ1) is 40.0. The molecule has 3 aliphatic rings. The highest BCUT2D eigenvalue weighted by Gasteiger charge is 2.53. The number of carbonyl (C=O) groups is 1. The Kier molecular flexibility index (Phi) is 11.1. The molecule has 0 radical (unpaired) electrons. The fourth-order valence-electron chi connectivity index (χ4n) is 6.37. The number of aromatic hydroxyl groups is 1. The zero-order valence-corrected chi connectivity index (χ0v) is 32.2. The van der Waals surface area contributed by atoms with E-state index < -0.39 is 88.1 Å². The number of nitrogens with zero attached hydrogens (tertiary/aromatic N) is 5. The number of nitrogens with one attached hydrogen (secondary N) is 1. The zero-order valence-electron chi connectivity index (χ0n) is 29.6. The quantitative estimate of drug-likeness (QED) is 0.104. The first-order chi connectivity index (χ1) is 27.7. The lowest BCUT2D eigenvalue weighted by molar-refractivity contribution is -0.0648. The minimum Gasteiger partial charge on any atom is -0.508 e. The number of anilines is 1. The number of esters is 1. The highest BCUT2D eigenvalue weighted by atomic mass is 32.7. The van der Waals surface area contributed by atoms with E-state index in [4.69, 9.17) is 38.0 Å². The number of H-pyrrole nitrogens is 1. The third-order valence-corrected chi connectivity index (χ3v) is 13.8. The molecular weight excluding hydrogens is 831 g/mol. The molecular formula is C33H32FN7O14P2S. The van der Waals surface area contributed by atoms with E-state index in [1.807, 2.05) is 4.98 Å². The van der Waals surface area contributed by atoms with E-state index in [0.717, 1.165) is 16.8 Å². The van der Waals surface area contributed by atoms with Crippen molar-refractivity contribution < 1.29 is 60.6 Å². The number of phosphoric ester groups is 1. The third-order valence-electron chi connectivity index (χ3n) is 9.16. The van der Waals surface area contributed by atoms with Crippen LogP contribution in [-0.4, -0.2) is 88.8 Å². The molecule has 2 unspecified atom stereocenters. The van der Waals surface area contributed by atoms with Crippen LogP contribution in [0.4, 0.5) is 10.2 Å². The number of benzene rings is 2. The first-order valence-corrected chi connectivity index (χ1v) is 21.9. The second-order valence-corrected chi connectivity index (χ2v) is 18.5. The third kappa shape index (κ3) is 8.50. The number of halogens is 1. The number of carbonyl (C=O) groups excluding carboxylic acids is 1. The Balaban J connectivity index is 1.07. The minimum atomic E-state index is -5.00. The Morgan fingerprint density at radius 3 is 2.50 bits per heavy atom. The van der Waals surface area contributed by atoms with Crippen LogP contribution in [0.5, 0.6) is 11.5 Å². The van der Waals surface area contributed by atoms with Crippen LogP contribution in [0.25, 0.3) is 11.2 Å². The number of phosphoric acid groups is 1. The summed E-state index contributed by atoms with van der Waals surface area (Å²) in [7, 11) is -5.00. The zero-order chi connectivity index (χ0) is 40.8. The molecule has 0 aliphatic carbocycles. The van der Waals surface area contributed by atoms with Gasteiger partial charge >= 0.3 is 26.3 Å². The second-order valence-electron chi connectivity index (χ2n) is 13.1. The SMILES string of the molecule is Nc1ncnc2c1ncn2[C@@H]1O[C@@H]2COP(=O)(SCc3ccc(OC(=O)c4ccc(O)cc4)cc3)O[C@@H]3[C@H](F)[C@@H](COP(=O)(O)O[C@@H]1C2)O[C@H]3n1ccc(=O)[nH]c1=O. The number of nitrogen functional groups attached to an aromatic ring is 1. The lowest BCUT2D eigenvalue weighted by atomic mass is 10.1. The summed E-state index contributed by atoms with van der Waals surface area (Å²) in [4.78, 5) is 62.4. The lowest BCUT2D eigenvalue weighted by Crippen LogP contribution is -2.37. The Bertz CT molecular complexity index is 2540. The molecule has 25 heteroatoms. The van der Waals surface area contributed by atoms with Crippen LogP contribution in [0.2, 0.25) is 0 Å². The molecule has 4 bridgehead atoms. The molecule has 6 heterocycles. The molecule has 0 saturated carbocycles. The van der Waals surface area contributed by atoms with Gasteiger partial charge in [0.25, 0.3) is 5.56 Å². The smallest absolute Gasteiger partial charge is 0.472 e. The number of aromatic nitrogens is 6. The van der Waals surface area contributed by atoms with E-state index >= 15 is 4.39 Å². The molecule has 3 aromatic heterocycles. The molecule has 0 amide bonds. The molecule has 3 aliphatic heterocycles. The van der Waals surface area contributed by atoms with E-state index in [0.29, 0.717) is 16.9 Å². The maximum Gasteiger partial charge on any atom is 0.472 e. The van der Waals surface area contributed by atoms with Crippen molar-refractivity contribution in [3.63, 3.8) is 0 Å². The van der Waals surface area contributed by atoms with Gasteiger partial charge in [-0.15, -0.1) is 0 Å². The average Bonchev–Trinajstić information content (AvgIpc) is 3.88. The molecule has 5 aromatic rings. The standard InChI is InChI=1S/C33H32FN7O14P2S/c34-25-23-13-49-56(46,47)54-22-11-21(51-30(22)41-16-38-26-28(35)36-15-37-29(26)41)12-50-57(48,55-27(25)31(53-23)40-10-9-24(43)39-33(40)45)58-14-17-1-7-20(8-2-17)52-32(44)18-3-5-19(42)6-4-18/h1-10,15-16,21-23,25,27,30-31,42H,11-14H2,(H,46,47)(H2,35,36,37)(H,39,43,45)/t21-,22+,23+,25+,27+,30+,31+,57?/m0/s1. The number of phenolic OH excluding ortho intramolecular Hbond substituents is 1. The van der Waals surface area contributed by atoms with Crippen LogP contribution in [0, 0.1) is 0 Å². The number of ether oxygens (including phenoxy) is 3. The summed E-state index contributed by atoms with van der Waals surface area (Å²) >= 11 is 0.666. The van der Waals surface area contributed by atoms with E-state index in [1.54, 1.807) is 12.1 Å². The van der Waals surface area contributed by atoms with Crippen LogP contribution >= 0.6 is 26.0 Å². The van der Waals surface area contributed by atoms with Gasteiger partial charge in [-0.05, 0) is 53.3 Å². The normalized spacial score (nSPS) is 30.2. The fraction of sp³-hybridized carbons (Fsp3) is 0.333. The summed E-state index contributed by atoms with van der Waals surface area (Å²) in [5, 5.41) is 9.50. The van der Waals surface area contributed by atoms with Gasteiger partial charge in [-0.1, -0.05) is 12.1 Å². The Hall–Kier alpha value is -4.80. The molecule has 306 valence electrons. The summed E-state index contributed by atoms with van der Waals surface area (Å²) in [5.41, 5.74) is 5.36. The van der Waals surface area contributed by atoms with Crippen molar-refractivity contribution in [3.8, 4) is 11.5 Å². The van der Waals surface area contributed by atoms with Crippen molar-refractivity contribution in [1.29, 1.82) is 0 Å². The largest absolute Gasteiger partial charge is 0.508 e. The number of hydrogen-bond donors (Lipinski definition) is 4. The van der Waals surface area contributed by atoms with Gasteiger partial charge in [0.15, 0.2) is 30.1 Å². The first-order valence-electron chi connectivity index (χ1n) is 17.3. The number of aromatic amines is 1. The van der Waals surface area contributed by atoms with Gasteiger partial charge in [-0.2, -0.15) is 0 Å². The molecule has 21 nitrogen and oxygen atoms in total. The monoisotopic (exact) mass is 863 g/mol. The van der Waals surface area contributed by atoms with Crippen LogP contribution in [0.15, 0.2) is 83.0 Å². The average molecular weight is 864 g/mol. The Morgan fingerprint density at radius 1 is 0.966 bits per heavy atom. The predicted molar refractivity (Wildman–Crippen MR) is 198 cm³/mol. The molecule has 2 aromatic carbocycles. The summed E-state index contributed by atoms with van der Waals surface area (Å²) in [6, 6.07) is 12.6. The summed E-state index contributed by atoms with van der Waals surface area (Å²) in [6.45, 7) is -5.88.